The van der Waals surface area contributed by atoms with E-state index < -0.39 is 5.54 Å². The molecule has 1 fully saturated rings. The summed E-state index contributed by atoms with van der Waals surface area (Å²) in [5.74, 6) is -0.202. The van der Waals surface area contributed by atoms with Crippen LogP contribution in [0.25, 0.3) is 11.1 Å². The lowest BCUT2D eigenvalue weighted by molar-refractivity contribution is -0.134. The Morgan fingerprint density at radius 2 is 1.91 bits per heavy atom. The van der Waals surface area contributed by atoms with E-state index in [1.807, 2.05) is 48.7 Å². The monoisotopic (exact) mass is 433 g/mol. The van der Waals surface area contributed by atoms with Crippen molar-refractivity contribution >= 4 is 22.9 Å². The van der Waals surface area contributed by atoms with Crippen LogP contribution in [0.4, 0.5) is 0 Å². The average Bonchev–Trinajstić information content (AvgIpc) is 3.27. The first-order chi connectivity index (χ1) is 15.5. The summed E-state index contributed by atoms with van der Waals surface area (Å²) in [6.45, 7) is 4.75. The third-order valence-corrected chi connectivity index (χ3v) is 7.32. The standard InChI is InChI=1S/C26H31N3O3/c1-18-9-7-8-10-19(18)16-29-24(30)22-15-23-21(13-14-32-23)28(22)17-26(29,2)25(31)27-20-11-5-3-4-6-12-20/h7-10,13-15,20H,3-6,11-12,16-17H2,1-2H3,(H,27,31)/t26-/m1/s1. The largest absolute Gasteiger partial charge is 0.463 e. The molecule has 1 N–H and O–H groups in total. The van der Waals surface area contributed by atoms with Gasteiger partial charge in [0.05, 0.1) is 18.3 Å². The van der Waals surface area contributed by atoms with E-state index >= 15 is 0 Å². The van der Waals surface area contributed by atoms with Crippen LogP contribution >= 0.6 is 0 Å². The van der Waals surface area contributed by atoms with Gasteiger partial charge in [-0.1, -0.05) is 49.9 Å². The molecule has 5 rings (SSSR count). The van der Waals surface area contributed by atoms with E-state index in [1.54, 1.807) is 17.2 Å². The Balaban J connectivity index is 1.53. The van der Waals surface area contributed by atoms with Gasteiger partial charge in [-0.25, -0.2) is 0 Å². The maximum Gasteiger partial charge on any atom is 0.271 e. The first-order valence-corrected chi connectivity index (χ1v) is 11.7. The Morgan fingerprint density at radius 3 is 2.66 bits per heavy atom. The molecule has 2 aliphatic rings. The van der Waals surface area contributed by atoms with Crippen LogP contribution in [0.2, 0.25) is 0 Å². The van der Waals surface area contributed by atoms with Crippen LogP contribution in [-0.4, -0.2) is 32.9 Å². The van der Waals surface area contributed by atoms with Crippen molar-refractivity contribution in [2.75, 3.05) is 0 Å². The summed E-state index contributed by atoms with van der Waals surface area (Å²) < 4.78 is 7.51. The zero-order chi connectivity index (χ0) is 22.3. The Morgan fingerprint density at radius 1 is 1.16 bits per heavy atom. The summed E-state index contributed by atoms with van der Waals surface area (Å²) in [7, 11) is 0. The minimum atomic E-state index is -0.998. The summed E-state index contributed by atoms with van der Waals surface area (Å²) in [5, 5.41) is 3.32. The van der Waals surface area contributed by atoms with E-state index in [9.17, 15) is 9.59 Å². The predicted molar refractivity (Wildman–Crippen MR) is 123 cm³/mol. The van der Waals surface area contributed by atoms with Crippen molar-refractivity contribution in [3.8, 4) is 0 Å². The number of benzene rings is 1. The fourth-order valence-corrected chi connectivity index (χ4v) is 5.24. The molecule has 1 aliphatic carbocycles. The molecule has 168 valence electrons. The number of amides is 2. The first kappa shape index (κ1) is 20.9. The third-order valence-electron chi connectivity index (χ3n) is 7.32. The number of fused-ring (bicyclic) bond motifs is 3. The lowest BCUT2D eigenvalue weighted by Crippen LogP contribution is -2.64. The molecule has 1 atom stereocenters. The van der Waals surface area contributed by atoms with Crippen LogP contribution < -0.4 is 5.32 Å². The molecular formula is C26H31N3O3. The van der Waals surface area contributed by atoms with Crippen molar-refractivity contribution in [2.24, 2.45) is 0 Å². The zero-order valence-corrected chi connectivity index (χ0v) is 18.9. The highest BCUT2D eigenvalue weighted by Gasteiger charge is 2.48. The number of aromatic nitrogens is 1. The first-order valence-electron chi connectivity index (χ1n) is 11.7. The summed E-state index contributed by atoms with van der Waals surface area (Å²) in [4.78, 5) is 29.3. The maximum atomic E-state index is 13.8. The van der Waals surface area contributed by atoms with E-state index in [0.717, 1.165) is 42.3 Å². The van der Waals surface area contributed by atoms with Gasteiger partial charge in [0.2, 0.25) is 5.91 Å². The molecule has 2 aromatic heterocycles. The zero-order valence-electron chi connectivity index (χ0n) is 18.9. The topological polar surface area (TPSA) is 67.5 Å². The van der Waals surface area contributed by atoms with Crippen LogP contribution in [0, 0.1) is 6.92 Å². The molecule has 1 aromatic carbocycles. The molecule has 0 radical (unpaired) electrons. The maximum absolute atomic E-state index is 13.8. The number of nitrogens with one attached hydrogen (secondary N) is 1. The van der Waals surface area contributed by atoms with Crippen LogP contribution in [0.1, 0.15) is 67.1 Å². The minimum Gasteiger partial charge on any atom is -0.463 e. The summed E-state index contributed by atoms with van der Waals surface area (Å²) in [5.41, 5.74) is 3.28. The second-order valence-electron chi connectivity index (χ2n) is 9.54. The highest BCUT2D eigenvalue weighted by molar-refractivity contribution is 6.02. The molecule has 6 nitrogen and oxygen atoms in total. The van der Waals surface area contributed by atoms with E-state index in [1.165, 1.54) is 12.8 Å². The summed E-state index contributed by atoms with van der Waals surface area (Å²) in [6.07, 6.45) is 8.39. The lowest BCUT2D eigenvalue weighted by atomic mass is 9.92. The Hall–Kier alpha value is -3.02. The van der Waals surface area contributed by atoms with Gasteiger partial charge in [-0.3, -0.25) is 9.59 Å². The van der Waals surface area contributed by atoms with E-state index in [2.05, 4.69) is 5.32 Å². The van der Waals surface area contributed by atoms with Gasteiger partial charge in [-0.15, -0.1) is 0 Å². The van der Waals surface area contributed by atoms with Crippen molar-refractivity contribution in [1.82, 2.24) is 14.8 Å². The van der Waals surface area contributed by atoms with Gasteiger partial charge >= 0.3 is 0 Å². The van der Waals surface area contributed by atoms with Crippen molar-refractivity contribution in [1.29, 1.82) is 0 Å². The smallest absolute Gasteiger partial charge is 0.271 e. The van der Waals surface area contributed by atoms with Gasteiger partial charge in [-0.05, 0) is 37.8 Å². The number of furan rings is 1. The predicted octanol–water partition coefficient (Wildman–Crippen LogP) is 4.80. The molecule has 3 aromatic rings. The molecule has 0 unspecified atom stereocenters. The van der Waals surface area contributed by atoms with Gasteiger partial charge < -0.3 is 19.2 Å². The molecule has 3 heterocycles. The number of rotatable bonds is 4. The van der Waals surface area contributed by atoms with Gasteiger partial charge in [0.15, 0.2) is 5.58 Å². The summed E-state index contributed by atoms with van der Waals surface area (Å²) >= 11 is 0. The molecule has 6 heteroatoms. The summed E-state index contributed by atoms with van der Waals surface area (Å²) in [6, 6.07) is 11.9. The third kappa shape index (κ3) is 3.51. The SMILES string of the molecule is Cc1ccccc1CN1C(=O)c2cc3occc3n2C[C@]1(C)C(=O)NC1CCCCCC1. The number of nitrogens with zero attached hydrogens (tertiary/aromatic N) is 2. The fraction of sp³-hybridized carbons (Fsp3) is 0.462. The molecule has 1 saturated carbocycles. The second kappa shape index (κ2) is 8.15. The van der Waals surface area contributed by atoms with Crippen LogP contribution in [0.3, 0.4) is 0 Å². The number of carbonyl (C=O) groups is 2. The Kier molecular flexibility index (Phi) is 5.31. The highest BCUT2D eigenvalue weighted by Crippen LogP contribution is 2.34. The Bertz CT molecular complexity index is 1150. The van der Waals surface area contributed by atoms with Gasteiger partial charge in [-0.2, -0.15) is 0 Å². The molecule has 0 bridgehead atoms. The van der Waals surface area contributed by atoms with Crippen molar-refractivity contribution in [3.05, 3.63) is 59.5 Å². The van der Waals surface area contributed by atoms with Crippen molar-refractivity contribution < 1.29 is 14.0 Å². The van der Waals surface area contributed by atoms with Crippen LogP contribution in [0.5, 0.6) is 0 Å². The molecule has 32 heavy (non-hydrogen) atoms. The quantitative estimate of drug-likeness (QED) is 0.601. The van der Waals surface area contributed by atoms with Crippen LogP contribution in [-0.2, 0) is 17.9 Å². The number of hydrogen-bond donors (Lipinski definition) is 1. The van der Waals surface area contributed by atoms with Gasteiger partial charge in [0.25, 0.3) is 5.91 Å². The highest BCUT2D eigenvalue weighted by atomic mass is 16.3. The number of carbonyl (C=O) groups excluding carboxylic acids is 2. The fourth-order valence-electron chi connectivity index (χ4n) is 5.24. The van der Waals surface area contributed by atoms with E-state index in [0.29, 0.717) is 24.4 Å². The average molecular weight is 434 g/mol. The second-order valence-corrected chi connectivity index (χ2v) is 9.54. The van der Waals surface area contributed by atoms with Crippen molar-refractivity contribution in [3.63, 3.8) is 0 Å². The van der Waals surface area contributed by atoms with Gasteiger partial charge in [0, 0.05) is 24.7 Å². The Labute approximate surface area is 188 Å². The van der Waals surface area contributed by atoms with Gasteiger partial charge in [0.1, 0.15) is 11.2 Å². The van der Waals surface area contributed by atoms with E-state index in [4.69, 9.17) is 4.42 Å². The molecule has 0 saturated heterocycles. The molecule has 1 aliphatic heterocycles. The number of hydrogen-bond acceptors (Lipinski definition) is 3. The molecule has 2 amide bonds. The van der Waals surface area contributed by atoms with Crippen molar-refractivity contribution in [2.45, 2.75) is 77.0 Å². The lowest BCUT2D eigenvalue weighted by Gasteiger charge is -2.44. The molecule has 0 spiro atoms. The number of aryl methyl sites for hydroxylation is 1. The normalized spacial score (nSPS) is 22.1. The molecular weight excluding hydrogens is 402 g/mol. The van der Waals surface area contributed by atoms with E-state index in [-0.39, 0.29) is 17.9 Å². The van der Waals surface area contributed by atoms with Crippen LogP contribution in [0.15, 0.2) is 47.1 Å². The minimum absolute atomic E-state index is 0.0673.